The zero-order valence-electron chi connectivity index (χ0n) is 20.8. The lowest BCUT2D eigenvalue weighted by Gasteiger charge is -2.37. The van der Waals surface area contributed by atoms with Crippen LogP contribution in [0.5, 0.6) is 0 Å². The maximum atomic E-state index is 15.0. The van der Waals surface area contributed by atoms with Gasteiger partial charge in [-0.3, -0.25) is 14.7 Å². The summed E-state index contributed by atoms with van der Waals surface area (Å²) in [6.45, 7) is 4.57. The minimum atomic E-state index is -0.989. The van der Waals surface area contributed by atoms with E-state index >= 15 is 4.39 Å². The molecule has 9 nitrogen and oxygen atoms in total. The molecule has 1 fully saturated rings. The molecule has 0 aliphatic carbocycles. The molecule has 2 N–H and O–H groups in total. The number of aryl methyl sites for hydroxylation is 1. The molecular formula is C26H27BrF2N4O5. The van der Waals surface area contributed by atoms with Gasteiger partial charge >= 0.3 is 11.9 Å². The summed E-state index contributed by atoms with van der Waals surface area (Å²) in [4.78, 5) is 35.6. The van der Waals surface area contributed by atoms with E-state index < -0.39 is 35.7 Å². The van der Waals surface area contributed by atoms with Crippen LogP contribution in [0.25, 0.3) is 0 Å². The van der Waals surface area contributed by atoms with E-state index in [0.717, 1.165) is 0 Å². The van der Waals surface area contributed by atoms with E-state index in [2.05, 4.69) is 31.2 Å². The Bertz CT molecular complexity index is 1300. The summed E-state index contributed by atoms with van der Waals surface area (Å²) in [6.07, 6.45) is 1.34. The van der Waals surface area contributed by atoms with Crippen molar-refractivity contribution in [3.8, 4) is 0 Å². The third kappa shape index (κ3) is 6.25. The number of benzene rings is 1. The molecule has 3 heterocycles. The standard InChI is InChI=1S/C26H27BrF2N4O5/c1-3-38-26(36)22-20(12-33-6-7-37-13-16(33)10-21(34)35)31-25(24-19(29)8-14(2)11-30-24)32-23(22)17-5-4-15(28)9-18(17)27/h4-5,8-9,11,16,23H,3,6-7,10,12-13H2,1-2H3,(H,31,32)(H,34,35). The maximum absolute atomic E-state index is 15.0. The molecule has 2 aliphatic rings. The van der Waals surface area contributed by atoms with Gasteiger partial charge in [-0.15, -0.1) is 0 Å². The fraction of sp³-hybridized carbons (Fsp3) is 0.385. The van der Waals surface area contributed by atoms with E-state index in [-0.39, 0.29) is 43.3 Å². The Hall–Kier alpha value is -3.22. The zero-order valence-corrected chi connectivity index (χ0v) is 22.4. The number of aliphatic carboxylic acids is 1. The summed E-state index contributed by atoms with van der Waals surface area (Å²) in [5.74, 6) is -2.66. The number of morpholine rings is 1. The van der Waals surface area contributed by atoms with Gasteiger partial charge in [0.15, 0.2) is 11.7 Å². The second-order valence-corrected chi connectivity index (χ2v) is 9.78. The fourth-order valence-electron chi connectivity index (χ4n) is 4.44. The number of hydrogen-bond donors (Lipinski definition) is 2. The van der Waals surface area contributed by atoms with Gasteiger partial charge in [-0.2, -0.15) is 0 Å². The number of carbonyl (C=O) groups is 2. The number of nitrogens with one attached hydrogen (secondary N) is 1. The number of aromatic nitrogens is 1. The Morgan fingerprint density at radius 2 is 2.11 bits per heavy atom. The van der Waals surface area contributed by atoms with Gasteiger partial charge in [0.05, 0.1) is 31.8 Å². The summed E-state index contributed by atoms with van der Waals surface area (Å²) in [5, 5.41) is 12.5. The van der Waals surface area contributed by atoms with Gasteiger partial charge in [0.25, 0.3) is 0 Å². The van der Waals surface area contributed by atoms with Crippen LogP contribution in [0.3, 0.4) is 0 Å². The van der Waals surface area contributed by atoms with Crippen LogP contribution in [-0.4, -0.2) is 71.7 Å². The van der Waals surface area contributed by atoms with Crippen LogP contribution < -0.4 is 5.32 Å². The van der Waals surface area contributed by atoms with Crippen LogP contribution >= 0.6 is 15.9 Å². The number of aliphatic imine (C=N–C) groups is 1. The number of carbonyl (C=O) groups excluding carboxylic acids is 1. The molecule has 2 atom stereocenters. The Morgan fingerprint density at radius 3 is 2.79 bits per heavy atom. The smallest absolute Gasteiger partial charge is 0.338 e. The largest absolute Gasteiger partial charge is 0.481 e. The Morgan fingerprint density at radius 1 is 1.32 bits per heavy atom. The SMILES string of the molecule is CCOC(=O)C1=C(CN2CCOCC2CC(=O)O)NC(c2ncc(C)cc2F)=NC1c1ccc(F)cc1Br. The van der Waals surface area contributed by atoms with Crippen molar-refractivity contribution in [3.63, 3.8) is 0 Å². The third-order valence-electron chi connectivity index (χ3n) is 6.20. The molecule has 0 radical (unpaired) electrons. The second kappa shape index (κ2) is 12.1. The molecule has 1 aromatic heterocycles. The molecule has 0 amide bonds. The molecule has 2 aromatic rings. The number of pyridine rings is 1. The zero-order chi connectivity index (χ0) is 27.4. The summed E-state index contributed by atoms with van der Waals surface area (Å²) >= 11 is 3.37. The van der Waals surface area contributed by atoms with Crippen molar-refractivity contribution >= 4 is 33.7 Å². The lowest BCUT2D eigenvalue weighted by molar-refractivity contribution is -0.141. The first-order chi connectivity index (χ1) is 18.2. The van der Waals surface area contributed by atoms with Crippen molar-refractivity contribution in [2.24, 2.45) is 4.99 Å². The summed E-state index contributed by atoms with van der Waals surface area (Å²) in [6, 6.07) is 3.88. The summed E-state index contributed by atoms with van der Waals surface area (Å²) in [7, 11) is 0. The van der Waals surface area contributed by atoms with Gasteiger partial charge in [0, 0.05) is 35.5 Å². The molecule has 0 saturated carbocycles. The Kier molecular flexibility index (Phi) is 8.85. The molecule has 0 bridgehead atoms. The van der Waals surface area contributed by atoms with Gasteiger partial charge in [-0.05, 0) is 43.2 Å². The number of nitrogens with zero attached hydrogens (tertiary/aromatic N) is 3. The number of amidine groups is 1. The van der Waals surface area contributed by atoms with E-state index in [1.54, 1.807) is 13.8 Å². The fourth-order valence-corrected chi connectivity index (χ4v) is 5.00. The minimum absolute atomic E-state index is 0.0525. The van der Waals surface area contributed by atoms with Crippen molar-refractivity contribution in [2.75, 3.05) is 32.9 Å². The quantitative estimate of drug-likeness (QED) is 0.448. The second-order valence-electron chi connectivity index (χ2n) is 8.92. The van der Waals surface area contributed by atoms with E-state index in [1.807, 2.05) is 4.90 Å². The summed E-state index contributed by atoms with van der Waals surface area (Å²) < 4.78 is 40.2. The number of carboxylic acids is 1. The van der Waals surface area contributed by atoms with Crippen LogP contribution in [0.15, 0.2) is 51.2 Å². The molecule has 1 aromatic carbocycles. The topological polar surface area (TPSA) is 113 Å². The monoisotopic (exact) mass is 592 g/mol. The van der Waals surface area contributed by atoms with Crippen LogP contribution in [0, 0.1) is 18.6 Å². The molecule has 202 valence electrons. The first-order valence-corrected chi connectivity index (χ1v) is 12.8. The predicted octanol–water partition coefficient (Wildman–Crippen LogP) is 3.51. The van der Waals surface area contributed by atoms with E-state index in [9.17, 15) is 19.1 Å². The highest BCUT2D eigenvalue weighted by atomic mass is 79.9. The maximum Gasteiger partial charge on any atom is 0.338 e. The van der Waals surface area contributed by atoms with Crippen molar-refractivity contribution in [1.82, 2.24) is 15.2 Å². The lowest BCUT2D eigenvalue weighted by atomic mass is 9.94. The average Bonchev–Trinajstić information content (AvgIpc) is 2.84. The van der Waals surface area contributed by atoms with E-state index in [0.29, 0.717) is 34.4 Å². The third-order valence-corrected chi connectivity index (χ3v) is 6.89. The van der Waals surface area contributed by atoms with Gasteiger partial charge in [0.1, 0.15) is 17.6 Å². The van der Waals surface area contributed by atoms with Crippen molar-refractivity contribution in [1.29, 1.82) is 0 Å². The molecule has 1 saturated heterocycles. The number of esters is 1. The normalized spacial score (nSPS) is 20.1. The highest BCUT2D eigenvalue weighted by molar-refractivity contribution is 9.10. The Labute approximate surface area is 226 Å². The van der Waals surface area contributed by atoms with E-state index in [4.69, 9.17) is 9.47 Å². The van der Waals surface area contributed by atoms with Crippen LogP contribution in [0.4, 0.5) is 8.78 Å². The van der Waals surface area contributed by atoms with E-state index in [1.165, 1.54) is 30.5 Å². The average molecular weight is 593 g/mol. The molecule has 4 rings (SSSR count). The minimum Gasteiger partial charge on any atom is -0.481 e. The number of carboxylic acid groups (broad SMARTS) is 1. The first-order valence-electron chi connectivity index (χ1n) is 12.0. The number of halogens is 3. The van der Waals surface area contributed by atoms with Crippen molar-refractivity contribution in [2.45, 2.75) is 32.4 Å². The highest BCUT2D eigenvalue weighted by Crippen LogP contribution is 2.37. The number of rotatable bonds is 8. The predicted molar refractivity (Wildman–Crippen MR) is 138 cm³/mol. The first kappa shape index (κ1) is 27.8. The summed E-state index contributed by atoms with van der Waals surface area (Å²) in [5.41, 5.74) is 1.53. The molecule has 2 unspecified atom stereocenters. The van der Waals surface area contributed by atoms with Crippen molar-refractivity contribution in [3.05, 3.63) is 74.7 Å². The van der Waals surface area contributed by atoms with Crippen LogP contribution in [0.1, 0.15) is 36.2 Å². The van der Waals surface area contributed by atoms with Gasteiger partial charge in [-0.25, -0.2) is 18.6 Å². The van der Waals surface area contributed by atoms with Gasteiger partial charge in [0.2, 0.25) is 0 Å². The van der Waals surface area contributed by atoms with Crippen LogP contribution in [-0.2, 0) is 19.1 Å². The number of hydrogen-bond acceptors (Lipinski definition) is 8. The molecule has 12 heteroatoms. The molecular weight excluding hydrogens is 566 g/mol. The van der Waals surface area contributed by atoms with Gasteiger partial charge in [-0.1, -0.05) is 22.0 Å². The molecule has 0 spiro atoms. The van der Waals surface area contributed by atoms with Crippen LogP contribution in [0.2, 0.25) is 0 Å². The highest BCUT2D eigenvalue weighted by Gasteiger charge is 2.36. The van der Waals surface area contributed by atoms with Gasteiger partial charge < -0.3 is 19.9 Å². The molecule has 2 aliphatic heterocycles. The Balaban J connectivity index is 1.86. The lowest BCUT2D eigenvalue weighted by Crippen LogP contribution is -2.49. The number of ether oxygens (including phenoxy) is 2. The molecule has 38 heavy (non-hydrogen) atoms. The van der Waals surface area contributed by atoms with Crippen molar-refractivity contribution < 1.29 is 33.0 Å².